The summed E-state index contributed by atoms with van der Waals surface area (Å²) in [4.78, 5) is 13.7. The average molecular weight is 283 g/mol. The van der Waals surface area contributed by atoms with E-state index in [0.717, 1.165) is 31.2 Å². The molecule has 1 heterocycles. The van der Waals surface area contributed by atoms with Crippen LogP contribution in [0.3, 0.4) is 0 Å². The van der Waals surface area contributed by atoms with E-state index in [0.29, 0.717) is 6.42 Å². The Hall–Kier alpha value is -0.610. The molecule has 2 unspecified atom stereocenters. The Bertz CT molecular complexity index is 302. The fraction of sp³-hybridized carbons (Fsp3) is 0.938. The van der Waals surface area contributed by atoms with E-state index in [1.807, 2.05) is 0 Å². The van der Waals surface area contributed by atoms with Gasteiger partial charge in [-0.15, -0.1) is 0 Å². The summed E-state index contributed by atoms with van der Waals surface area (Å²) in [6.45, 7) is 9.98. The molecule has 1 aliphatic heterocycles. The van der Waals surface area contributed by atoms with Gasteiger partial charge in [0.15, 0.2) is 0 Å². The lowest BCUT2D eigenvalue weighted by molar-refractivity contribution is -0.122. The van der Waals surface area contributed by atoms with Crippen molar-refractivity contribution in [2.45, 2.75) is 64.8 Å². The summed E-state index contributed by atoms with van der Waals surface area (Å²) in [5, 5.41) is 0. The minimum atomic E-state index is -0.846. The highest BCUT2D eigenvalue weighted by molar-refractivity contribution is 5.83. The molecule has 1 aliphatic rings. The highest BCUT2D eigenvalue weighted by Gasteiger charge is 2.25. The Morgan fingerprint density at radius 1 is 1.30 bits per heavy atom. The molecule has 0 aromatic rings. The molecule has 20 heavy (non-hydrogen) atoms. The number of hydrogen-bond acceptors (Lipinski definition) is 3. The molecular formula is C16H33N3O. The Morgan fingerprint density at radius 2 is 2.00 bits per heavy atom. The lowest BCUT2D eigenvalue weighted by Crippen LogP contribution is -2.49. The fourth-order valence-electron chi connectivity index (χ4n) is 3.02. The van der Waals surface area contributed by atoms with E-state index in [2.05, 4.69) is 18.7 Å². The third-order valence-electron chi connectivity index (χ3n) is 4.79. The zero-order chi connectivity index (χ0) is 15.2. The average Bonchev–Trinajstić information content (AvgIpc) is 2.60. The minimum Gasteiger partial charge on any atom is -0.368 e. The normalized spacial score (nSPS) is 24.4. The van der Waals surface area contributed by atoms with Crippen molar-refractivity contribution in [3.05, 3.63) is 0 Å². The van der Waals surface area contributed by atoms with Crippen molar-refractivity contribution in [1.29, 1.82) is 0 Å². The van der Waals surface area contributed by atoms with Gasteiger partial charge in [-0.05, 0) is 76.9 Å². The predicted molar refractivity (Wildman–Crippen MR) is 84.3 cm³/mol. The van der Waals surface area contributed by atoms with Crippen LogP contribution in [0, 0.1) is 11.8 Å². The Morgan fingerprint density at radius 3 is 2.60 bits per heavy atom. The van der Waals surface area contributed by atoms with Crippen LogP contribution < -0.4 is 11.5 Å². The van der Waals surface area contributed by atoms with Crippen LogP contribution in [0.25, 0.3) is 0 Å². The largest absolute Gasteiger partial charge is 0.368 e. The second-order valence-electron chi connectivity index (χ2n) is 7.02. The van der Waals surface area contributed by atoms with Crippen molar-refractivity contribution >= 4 is 5.91 Å². The molecule has 0 spiro atoms. The van der Waals surface area contributed by atoms with Crippen LogP contribution in [0.5, 0.6) is 0 Å². The number of likely N-dealkylation sites (tertiary alicyclic amines) is 1. The zero-order valence-corrected chi connectivity index (χ0v) is 13.5. The maximum atomic E-state index is 11.1. The predicted octanol–water partition coefficient (Wildman–Crippen LogP) is 2.12. The number of amides is 1. The van der Waals surface area contributed by atoms with Crippen molar-refractivity contribution in [3.63, 3.8) is 0 Å². The lowest BCUT2D eigenvalue weighted by atomic mass is 9.89. The summed E-state index contributed by atoms with van der Waals surface area (Å²) in [6.07, 6.45) is 6.78. The first-order chi connectivity index (χ1) is 9.33. The monoisotopic (exact) mass is 283 g/mol. The molecule has 0 aromatic carbocycles. The number of carbonyl (C=O) groups excluding carboxylic acids is 1. The number of primary amides is 1. The highest BCUT2D eigenvalue weighted by atomic mass is 16.1. The molecule has 0 saturated carbocycles. The topological polar surface area (TPSA) is 72.3 Å². The summed E-state index contributed by atoms with van der Waals surface area (Å²) in [6, 6.07) is 0. The van der Waals surface area contributed by atoms with E-state index < -0.39 is 11.4 Å². The molecule has 1 saturated heterocycles. The molecule has 0 aliphatic carbocycles. The maximum absolute atomic E-state index is 11.1. The number of nitrogens with zero attached hydrogens (tertiary/aromatic N) is 1. The van der Waals surface area contributed by atoms with Gasteiger partial charge in [0.25, 0.3) is 0 Å². The molecule has 0 bridgehead atoms. The van der Waals surface area contributed by atoms with Crippen LogP contribution in [-0.4, -0.2) is 36.0 Å². The Kier molecular flexibility index (Phi) is 6.96. The van der Waals surface area contributed by atoms with Crippen LogP contribution in [0.4, 0.5) is 0 Å². The Balaban J connectivity index is 2.21. The van der Waals surface area contributed by atoms with E-state index in [-0.39, 0.29) is 0 Å². The summed E-state index contributed by atoms with van der Waals surface area (Å²) in [5.41, 5.74) is 10.3. The summed E-state index contributed by atoms with van der Waals surface area (Å²) in [7, 11) is 0. The molecule has 0 aromatic heterocycles. The fourth-order valence-corrected chi connectivity index (χ4v) is 3.02. The van der Waals surface area contributed by atoms with E-state index in [1.54, 1.807) is 6.92 Å². The van der Waals surface area contributed by atoms with Gasteiger partial charge in [-0.1, -0.05) is 13.8 Å². The van der Waals surface area contributed by atoms with Gasteiger partial charge in [-0.25, -0.2) is 0 Å². The van der Waals surface area contributed by atoms with Crippen LogP contribution in [0.2, 0.25) is 0 Å². The number of rotatable bonds is 7. The van der Waals surface area contributed by atoms with Gasteiger partial charge in [0.1, 0.15) is 0 Å². The van der Waals surface area contributed by atoms with Crippen molar-refractivity contribution in [2.75, 3.05) is 19.6 Å². The van der Waals surface area contributed by atoms with Crippen molar-refractivity contribution in [1.82, 2.24) is 4.90 Å². The second-order valence-corrected chi connectivity index (χ2v) is 7.02. The maximum Gasteiger partial charge on any atom is 0.237 e. The van der Waals surface area contributed by atoms with E-state index in [9.17, 15) is 4.79 Å². The number of nitrogens with two attached hydrogens (primary N) is 2. The van der Waals surface area contributed by atoms with Gasteiger partial charge >= 0.3 is 0 Å². The van der Waals surface area contributed by atoms with Crippen LogP contribution in [0.1, 0.15) is 59.3 Å². The lowest BCUT2D eigenvalue weighted by Gasteiger charge is -2.23. The highest BCUT2D eigenvalue weighted by Crippen LogP contribution is 2.24. The first-order valence-corrected chi connectivity index (χ1v) is 8.14. The van der Waals surface area contributed by atoms with E-state index >= 15 is 0 Å². The number of unbranched alkanes of at least 4 members (excludes halogenated alkanes) is 1. The quantitative estimate of drug-likeness (QED) is 0.703. The standard InChI is InChI=1S/C16H33N3O/c1-13(2)14-7-6-11-19(12-8-14)10-5-4-9-16(3,18)15(17)20/h13-14H,4-12,18H2,1-3H3,(H2,17,20). The van der Waals surface area contributed by atoms with Crippen LogP contribution >= 0.6 is 0 Å². The molecule has 4 nitrogen and oxygen atoms in total. The van der Waals surface area contributed by atoms with Gasteiger partial charge in [0, 0.05) is 0 Å². The number of hydrogen-bond donors (Lipinski definition) is 2. The summed E-state index contributed by atoms with van der Waals surface area (Å²) in [5.74, 6) is 1.30. The summed E-state index contributed by atoms with van der Waals surface area (Å²) >= 11 is 0. The van der Waals surface area contributed by atoms with Gasteiger partial charge < -0.3 is 16.4 Å². The first-order valence-electron chi connectivity index (χ1n) is 8.14. The third kappa shape index (κ3) is 5.80. The Labute approximate surface area is 124 Å². The van der Waals surface area contributed by atoms with Crippen LogP contribution in [0.15, 0.2) is 0 Å². The first kappa shape index (κ1) is 17.4. The van der Waals surface area contributed by atoms with Gasteiger partial charge in [0.05, 0.1) is 5.54 Å². The molecule has 1 fully saturated rings. The van der Waals surface area contributed by atoms with E-state index in [4.69, 9.17) is 11.5 Å². The molecule has 4 heteroatoms. The molecule has 4 N–H and O–H groups in total. The molecular weight excluding hydrogens is 250 g/mol. The zero-order valence-electron chi connectivity index (χ0n) is 13.5. The van der Waals surface area contributed by atoms with Gasteiger partial charge in [0.2, 0.25) is 5.91 Å². The minimum absolute atomic E-state index is 0.396. The van der Waals surface area contributed by atoms with E-state index in [1.165, 1.54) is 32.4 Å². The molecule has 118 valence electrons. The second kappa shape index (κ2) is 7.99. The number of carbonyl (C=O) groups is 1. The molecule has 2 atom stereocenters. The van der Waals surface area contributed by atoms with Crippen molar-refractivity contribution < 1.29 is 4.79 Å². The SMILES string of the molecule is CC(C)C1CCCN(CCCCC(C)(N)C(N)=O)CC1. The van der Waals surface area contributed by atoms with Gasteiger partial charge in [-0.2, -0.15) is 0 Å². The third-order valence-corrected chi connectivity index (χ3v) is 4.79. The molecule has 1 rings (SSSR count). The molecule has 1 amide bonds. The summed E-state index contributed by atoms with van der Waals surface area (Å²) < 4.78 is 0. The van der Waals surface area contributed by atoms with Crippen molar-refractivity contribution in [3.8, 4) is 0 Å². The molecule has 0 radical (unpaired) electrons. The van der Waals surface area contributed by atoms with Gasteiger partial charge in [-0.3, -0.25) is 4.79 Å². The van der Waals surface area contributed by atoms with Crippen LogP contribution in [-0.2, 0) is 4.79 Å². The van der Waals surface area contributed by atoms with Crippen molar-refractivity contribution in [2.24, 2.45) is 23.3 Å². The smallest absolute Gasteiger partial charge is 0.237 e.